The standard InChI is InChI=1S/C25H18N4O4/c1-2-15-7-10-17(11-8-15)29-25(30)19-6-4-3-5-18(19)22(27-29)24-26-23(28-33-24)16-9-12-20-21(13-16)32-14-31-20/h3-13H,2,14H2,1H3. The van der Waals surface area contributed by atoms with Gasteiger partial charge in [0.2, 0.25) is 12.6 Å². The average Bonchev–Trinajstić information content (AvgIpc) is 3.54. The zero-order valence-corrected chi connectivity index (χ0v) is 17.7. The van der Waals surface area contributed by atoms with Gasteiger partial charge in [0.05, 0.1) is 11.1 Å². The number of nitrogens with zero attached hydrogens (tertiary/aromatic N) is 4. The van der Waals surface area contributed by atoms with Crippen LogP contribution in [0.15, 0.2) is 76.0 Å². The van der Waals surface area contributed by atoms with Crippen molar-refractivity contribution in [2.45, 2.75) is 13.3 Å². The van der Waals surface area contributed by atoms with Crippen LogP contribution in [-0.4, -0.2) is 26.7 Å². The molecular formula is C25H18N4O4. The van der Waals surface area contributed by atoms with Crippen molar-refractivity contribution in [3.05, 3.63) is 82.6 Å². The van der Waals surface area contributed by atoms with E-state index in [9.17, 15) is 4.79 Å². The van der Waals surface area contributed by atoms with Gasteiger partial charge in [-0.25, -0.2) is 0 Å². The Balaban J connectivity index is 1.50. The number of rotatable bonds is 4. The first kappa shape index (κ1) is 19.2. The average molecular weight is 438 g/mol. The van der Waals surface area contributed by atoms with Gasteiger partial charge in [-0.15, -0.1) is 0 Å². The molecule has 0 unspecified atom stereocenters. The van der Waals surface area contributed by atoms with E-state index in [0.29, 0.717) is 39.5 Å². The Morgan fingerprint density at radius 2 is 1.73 bits per heavy atom. The molecule has 8 nitrogen and oxygen atoms in total. The Morgan fingerprint density at radius 3 is 2.55 bits per heavy atom. The third-order valence-electron chi connectivity index (χ3n) is 5.65. The Bertz CT molecular complexity index is 1550. The molecule has 1 aliphatic rings. The molecule has 6 rings (SSSR count). The predicted molar refractivity (Wildman–Crippen MR) is 122 cm³/mol. The molecule has 5 aromatic rings. The third kappa shape index (κ3) is 3.23. The minimum absolute atomic E-state index is 0.187. The molecule has 8 heteroatoms. The van der Waals surface area contributed by atoms with Crippen LogP contribution in [-0.2, 0) is 6.42 Å². The highest BCUT2D eigenvalue weighted by molar-refractivity contribution is 5.92. The van der Waals surface area contributed by atoms with Crippen LogP contribution in [0.2, 0.25) is 0 Å². The van der Waals surface area contributed by atoms with Gasteiger partial charge in [-0.1, -0.05) is 42.4 Å². The first-order valence-corrected chi connectivity index (χ1v) is 10.6. The van der Waals surface area contributed by atoms with Crippen molar-refractivity contribution >= 4 is 10.8 Å². The first-order valence-electron chi connectivity index (χ1n) is 10.6. The summed E-state index contributed by atoms with van der Waals surface area (Å²) in [4.78, 5) is 17.8. The van der Waals surface area contributed by atoms with Gasteiger partial charge in [-0.3, -0.25) is 4.79 Å². The van der Waals surface area contributed by atoms with Gasteiger partial charge in [0, 0.05) is 10.9 Å². The topological polar surface area (TPSA) is 92.3 Å². The maximum absolute atomic E-state index is 13.2. The van der Waals surface area contributed by atoms with Crippen molar-refractivity contribution in [3.8, 4) is 40.2 Å². The minimum Gasteiger partial charge on any atom is -0.454 e. The van der Waals surface area contributed by atoms with Crippen LogP contribution in [0.1, 0.15) is 12.5 Å². The lowest BCUT2D eigenvalue weighted by Gasteiger charge is -2.09. The lowest BCUT2D eigenvalue weighted by molar-refractivity contribution is 0.174. The summed E-state index contributed by atoms with van der Waals surface area (Å²) in [5, 5.41) is 9.92. The Hall–Kier alpha value is -4.46. The Kier molecular flexibility index (Phi) is 4.43. The zero-order chi connectivity index (χ0) is 22.4. The lowest BCUT2D eigenvalue weighted by Crippen LogP contribution is -2.22. The summed E-state index contributed by atoms with van der Waals surface area (Å²) in [5.74, 6) is 1.92. The van der Waals surface area contributed by atoms with Crippen molar-refractivity contribution < 1.29 is 14.0 Å². The molecule has 0 amide bonds. The van der Waals surface area contributed by atoms with E-state index in [0.717, 1.165) is 12.0 Å². The van der Waals surface area contributed by atoms with Crippen LogP contribution in [0.25, 0.3) is 39.4 Å². The number of aryl methyl sites for hydroxylation is 1. The monoisotopic (exact) mass is 438 g/mol. The quantitative estimate of drug-likeness (QED) is 0.411. The van der Waals surface area contributed by atoms with E-state index < -0.39 is 0 Å². The molecule has 162 valence electrons. The van der Waals surface area contributed by atoms with E-state index in [1.807, 2.05) is 54.6 Å². The van der Waals surface area contributed by atoms with Gasteiger partial charge >= 0.3 is 0 Å². The number of ether oxygens (including phenoxy) is 2. The van der Waals surface area contributed by atoms with E-state index in [1.165, 1.54) is 10.2 Å². The van der Waals surface area contributed by atoms with Crippen LogP contribution < -0.4 is 15.0 Å². The van der Waals surface area contributed by atoms with E-state index in [4.69, 9.17) is 14.0 Å². The van der Waals surface area contributed by atoms with Crippen molar-refractivity contribution in [2.24, 2.45) is 0 Å². The SMILES string of the molecule is CCc1ccc(-n2nc(-c3nc(-c4ccc5c(c4)OCO5)no3)c3ccccc3c2=O)cc1. The van der Waals surface area contributed by atoms with E-state index in [2.05, 4.69) is 22.2 Å². The molecule has 0 bridgehead atoms. The van der Waals surface area contributed by atoms with E-state index in [-0.39, 0.29) is 18.2 Å². The van der Waals surface area contributed by atoms with Crippen LogP contribution in [0.5, 0.6) is 11.5 Å². The molecule has 0 radical (unpaired) electrons. The third-order valence-corrected chi connectivity index (χ3v) is 5.65. The van der Waals surface area contributed by atoms with Gasteiger partial charge < -0.3 is 14.0 Å². The molecule has 3 heterocycles. The molecule has 2 aromatic heterocycles. The second-order valence-electron chi connectivity index (χ2n) is 7.62. The number of fused-ring (bicyclic) bond motifs is 2. The van der Waals surface area contributed by atoms with Gasteiger partial charge in [-0.2, -0.15) is 14.8 Å². The zero-order valence-electron chi connectivity index (χ0n) is 17.7. The second-order valence-corrected chi connectivity index (χ2v) is 7.62. The summed E-state index contributed by atoms with van der Waals surface area (Å²) in [6, 6.07) is 20.5. The van der Waals surface area contributed by atoms with Gasteiger partial charge in [0.1, 0.15) is 0 Å². The summed E-state index contributed by atoms with van der Waals surface area (Å²) in [7, 11) is 0. The maximum Gasteiger partial charge on any atom is 0.279 e. The van der Waals surface area contributed by atoms with Crippen molar-refractivity contribution in [1.82, 2.24) is 19.9 Å². The number of benzene rings is 3. The summed E-state index contributed by atoms with van der Waals surface area (Å²) in [5.41, 5.74) is 2.79. The fourth-order valence-corrected chi connectivity index (χ4v) is 3.87. The largest absolute Gasteiger partial charge is 0.454 e. The minimum atomic E-state index is -0.214. The fraction of sp³-hybridized carbons (Fsp3) is 0.120. The lowest BCUT2D eigenvalue weighted by atomic mass is 10.1. The molecule has 0 aliphatic carbocycles. The molecule has 0 spiro atoms. The predicted octanol–water partition coefficient (Wildman–Crippen LogP) is 4.39. The summed E-state index contributed by atoms with van der Waals surface area (Å²) in [6.07, 6.45) is 0.913. The summed E-state index contributed by atoms with van der Waals surface area (Å²) in [6.45, 7) is 2.27. The van der Waals surface area contributed by atoms with Crippen LogP contribution in [0.4, 0.5) is 0 Å². The van der Waals surface area contributed by atoms with Crippen LogP contribution in [0.3, 0.4) is 0 Å². The molecule has 0 saturated carbocycles. The molecule has 0 fully saturated rings. The summed E-state index contributed by atoms with van der Waals surface area (Å²) < 4.78 is 17.8. The highest BCUT2D eigenvalue weighted by Gasteiger charge is 2.20. The maximum atomic E-state index is 13.2. The Labute approximate surface area is 188 Å². The fourth-order valence-electron chi connectivity index (χ4n) is 3.87. The van der Waals surface area contributed by atoms with Gasteiger partial charge in [-0.05, 0) is 48.4 Å². The molecule has 0 atom stereocenters. The number of aromatic nitrogens is 4. The highest BCUT2D eigenvalue weighted by atomic mass is 16.7. The van der Waals surface area contributed by atoms with Crippen molar-refractivity contribution in [3.63, 3.8) is 0 Å². The normalized spacial score (nSPS) is 12.4. The van der Waals surface area contributed by atoms with Gasteiger partial charge in [0.15, 0.2) is 17.2 Å². The number of hydrogen-bond donors (Lipinski definition) is 0. The van der Waals surface area contributed by atoms with E-state index in [1.54, 1.807) is 12.1 Å². The van der Waals surface area contributed by atoms with Crippen molar-refractivity contribution in [2.75, 3.05) is 6.79 Å². The van der Waals surface area contributed by atoms with Gasteiger partial charge in [0.25, 0.3) is 11.4 Å². The Morgan fingerprint density at radius 1 is 0.939 bits per heavy atom. The van der Waals surface area contributed by atoms with Crippen LogP contribution in [0, 0.1) is 0 Å². The molecule has 3 aromatic carbocycles. The first-order chi connectivity index (χ1) is 16.2. The van der Waals surface area contributed by atoms with E-state index >= 15 is 0 Å². The molecule has 33 heavy (non-hydrogen) atoms. The smallest absolute Gasteiger partial charge is 0.279 e. The molecule has 0 N–H and O–H groups in total. The number of hydrogen-bond acceptors (Lipinski definition) is 7. The van der Waals surface area contributed by atoms with Crippen LogP contribution >= 0.6 is 0 Å². The van der Waals surface area contributed by atoms with Crippen molar-refractivity contribution in [1.29, 1.82) is 0 Å². The molecule has 1 aliphatic heterocycles. The second kappa shape index (κ2) is 7.59. The molecular weight excluding hydrogens is 420 g/mol. The molecule has 0 saturated heterocycles. The highest BCUT2D eigenvalue weighted by Crippen LogP contribution is 2.35. The summed E-state index contributed by atoms with van der Waals surface area (Å²) >= 11 is 0.